The van der Waals surface area contributed by atoms with E-state index < -0.39 is 0 Å². The highest BCUT2D eigenvalue weighted by molar-refractivity contribution is 5.95. The van der Waals surface area contributed by atoms with Crippen LogP contribution in [-0.2, 0) is 9.47 Å². The van der Waals surface area contributed by atoms with Crippen molar-refractivity contribution in [1.82, 2.24) is 14.6 Å². The Hall–Kier alpha value is -2.15. The van der Waals surface area contributed by atoms with Gasteiger partial charge in [-0.1, -0.05) is 0 Å². The maximum Gasteiger partial charge on any atom is 0.343 e. The van der Waals surface area contributed by atoms with Gasteiger partial charge in [-0.3, -0.25) is 0 Å². The van der Waals surface area contributed by atoms with E-state index in [4.69, 9.17) is 9.47 Å². The van der Waals surface area contributed by atoms with Gasteiger partial charge in [0.1, 0.15) is 11.4 Å². The molecule has 2 aliphatic heterocycles. The van der Waals surface area contributed by atoms with Gasteiger partial charge in [-0.15, -0.1) is 0 Å². The largest absolute Gasteiger partial charge is 0.462 e. The first-order valence-electron chi connectivity index (χ1n) is 8.05. The first-order valence-corrected chi connectivity index (χ1v) is 8.05. The average Bonchev–Trinajstić information content (AvgIpc) is 3.28. The minimum Gasteiger partial charge on any atom is -0.462 e. The van der Waals surface area contributed by atoms with Crippen LogP contribution in [0, 0.1) is 5.41 Å². The third kappa shape index (κ3) is 2.45. The first kappa shape index (κ1) is 14.4. The topological polar surface area (TPSA) is 69.0 Å². The number of carbonyl (C=O) groups excluding carboxylic acids is 1. The molecule has 4 heterocycles. The van der Waals surface area contributed by atoms with E-state index in [1.807, 2.05) is 12.3 Å². The van der Waals surface area contributed by atoms with Crippen LogP contribution >= 0.6 is 0 Å². The van der Waals surface area contributed by atoms with Crippen molar-refractivity contribution < 1.29 is 14.3 Å². The number of hydrogen-bond donors (Lipinski definition) is 0. The van der Waals surface area contributed by atoms with Gasteiger partial charge in [0.25, 0.3) is 0 Å². The predicted molar refractivity (Wildman–Crippen MR) is 83.6 cm³/mol. The second-order valence-corrected chi connectivity index (χ2v) is 6.31. The maximum absolute atomic E-state index is 12.0. The van der Waals surface area contributed by atoms with E-state index >= 15 is 0 Å². The highest BCUT2D eigenvalue weighted by Crippen LogP contribution is 2.39. The van der Waals surface area contributed by atoms with Crippen LogP contribution in [0.15, 0.2) is 18.5 Å². The lowest BCUT2D eigenvalue weighted by Crippen LogP contribution is -2.28. The van der Waals surface area contributed by atoms with Crippen molar-refractivity contribution in [2.75, 3.05) is 37.8 Å². The van der Waals surface area contributed by atoms with Gasteiger partial charge in [-0.25, -0.2) is 14.3 Å². The average molecular weight is 316 g/mol. The molecule has 2 aromatic heterocycles. The van der Waals surface area contributed by atoms with Crippen LogP contribution in [0.2, 0.25) is 0 Å². The van der Waals surface area contributed by atoms with Crippen LogP contribution in [0.5, 0.6) is 0 Å². The number of nitrogens with zero attached hydrogens (tertiary/aromatic N) is 4. The minimum absolute atomic E-state index is 0.276. The summed E-state index contributed by atoms with van der Waals surface area (Å²) in [5.74, 6) is 0.501. The molecule has 23 heavy (non-hydrogen) atoms. The van der Waals surface area contributed by atoms with Crippen LogP contribution in [0.4, 0.5) is 5.82 Å². The molecule has 2 saturated heterocycles. The molecule has 1 atom stereocenters. The van der Waals surface area contributed by atoms with Crippen molar-refractivity contribution >= 4 is 17.4 Å². The molecule has 122 valence electrons. The number of esters is 1. The lowest BCUT2D eigenvalue weighted by atomic mass is 9.87. The summed E-state index contributed by atoms with van der Waals surface area (Å²) < 4.78 is 12.3. The number of aromatic nitrogens is 3. The number of ether oxygens (including phenoxy) is 2. The highest BCUT2D eigenvalue weighted by atomic mass is 16.5. The highest BCUT2D eigenvalue weighted by Gasteiger charge is 2.41. The van der Waals surface area contributed by atoms with Gasteiger partial charge in [0.05, 0.1) is 19.4 Å². The monoisotopic (exact) mass is 316 g/mol. The standard InChI is InChI=1S/C16H20N4O3/c1-2-23-15(21)12-9-17-20-6-3-13(18-14(12)20)19-7-4-16(10-19)5-8-22-11-16/h3,6,9H,2,4-5,7-8,10-11H2,1H3/t16-/m0/s1. The summed E-state index contributed by atoms with van der Waals surface area (Å²) in [5, 5.41) is 4.18. The number of hydrogen-bond acceptors (Lipinski definition) is 6. The zero-order chi connectivity index (χ0) is 15.9. The van der Waals surface area contributed by atoms with Gasteiger partial charge in [0.15, 0.2) is 5.65 Å². The quantitative estimate of drug-likeness (QED) is 0.800. The van der Waals surface area contributed by atoms with Crippen molar-refractivity contribution in [1.29, 1.82) is 0 Å². The van der Waals surface area contributed by atoms with Gasteiger partial charge < -0.3 is 14.4 Å². The van der Waals surface area contributed by atoms with E-state index in [0.717, 1.165) is 45.0 Å². The fourth-order valence-electron chi connectivity index (χ4n) is 3.49. The van der Waals surface area contributed by atoms with Crippen molar-refractivity contribution in [3.8, 4) is 0 Å². The Morgan fingerprint density at radius 2 is 2.39 bits per heavy atom. The minimum atomic E-state index is -0.380. The molecule has 0 N–H and O–H groups in total. The second kappa shape index (κ2) is 5.49. The molecule has 1 spiro atoms. The van der Waals surface area contributed by atoms with Crippen LogP contribution in [0.25, 0.3) is 5.65 Å². The van der Waals surface area contributed by atoms with E-state index in [2.05, 4.69) is 15.0 Å². The molecule has 2 aromatic rings. The fraction of sp³-hybridized carbons (Fsp3) is 0.562. The molecule has 0 aliphatic carbocycles. The van der Waals surface area contributed by atoms with Crippen LogP contribution in [-0.4, -0.2) is 53.5 Å². The summed E-state index contributed by atoms with van der Waals surface area (Å²) in [4.78, 5) is 18.9. The Labute approximate surface area is 134 Å². The number of rotatable bonds is 3. The van der Waals surface area contributed by atoms with Crippen molar-refractivity contribution in [3.05, 3.63) is 24.0 Å². The second-order valence-electron chi connectivity index (χ2n) is 6.31. The zero-order valence-electron chi connectivity index (χ0n) is 13.2. The first-order chi connectivity index (χ1) is 11.2. The summed E-state index contributed by atoms with van der Waals surface area (Å²) in [5.41, 5.74) is 1.23. The van der Waals surface area contributed by atoms with Gasteiger partial charge in [-0.2, -0.15) is 5.10 Å². The van der Waals surface area contributed by atoms with Crippen molar-refractivity contribution in [2.45, 2.75) is 19.8 Å². The van der Waals surface area contributed by atoms with E-state index in [-0.39, 0.29) is 11.4 Å². The van der Waals surface area contributed by atoms with Gasteiger partial charge >= 0.3 is 5.97 Å². The third-order valence-electron chi connectivity index (χ3n) is 4.80. The maximum atomic E-state index is 12.0. The predicted octanol–water partition coefficient (Wildman–Crippen LogP) is 1.52. The van der Waals surface area contributed by atoms with Gasteiger partial charge in [0.2, 0.25) is 0 Å². The van der Waals surface area contributed by atoms with Crippen molar-refractivity contribution in [2.24, 2.45) is 5.41 Å². The number of carbonyl (C=O) groups is 1. The van der Waals surface area contributed by atoms with E-state index in [0.29, 0.717) is 17.8 Å². The Balaban J connectivity index is 1.63. The third-order valence-corrected chi connectivity index (χ3v) is 4.80. The lowest BCUT2D eigenvalue weighted by molar-refractivity contribution is 0.0528. The molecule has 0 amide bonds. The summed E-state index contributed by atoms with van der Waals surface area (Å²) >= 11 is 0. The van der Waals surface area contributed by atoms with E-state index in [1.165, 1.54) is 6.20 Å². The Kier molecular flexibility index (Phi) is 3.45. The van der Waals surface area contributed by atoms with E-state index in [1.54, 1.807) is 11.4 Å². The molecule has 2 fully saturated rings. The molecule has 0 unspecified atom stereocenters. The molecule has 0 bridgehead atoms. The summed E-state index contributed by atoms with van der Waals surface area (Å²) in [7, 11) is 0. The van der Waals surface area contributed by atoms with Crippen LogP contribution in [0.3, 0.4) is 0 Å². The normalized spacial score (nSPS) is 24.0. The van der Waals surface area contributed by atoms with E-state index in [9.17, 15) is 4.79 Å². The summed E-state index contributed by atoms with van der Waals surface area (Å²) in [6.45, 7) is 5.75. The number of anilines is 1. The molecular weight excluding hydrogens is 296 g/mol. The smallest absolute Gasteiger partial charge is 0.343 e. The Morgan fingerprint density at radius 1 is 1.48 bits per heavy atom. The van der Waals surface area contributed by atoms with Crippen LogP contribution < -0.4 is 4.90 Å². The van der Waals surface area contributed by atoms with Gasteiger partial charge in [0, 0.05) is 31.3 Å². The fourth-order valence-corrected chi connectivity index (χ4v) is 3.49. The van der Waals surface area contributed by atoms with Gasteiger partial charge in [-0.05, 0) is 25.8 Å². The molecule has 0 saturated carbocycles. The lowest BCUT2D eigenvalue weighted by Gasteiger charge is -2.22. The number of fused-ring (bicyclic) bond motifs is 1. The molecule has 0 aromatic carbocycles. The Bertz CT molecular complexity index is 736. The van der Waals surface area contributed by atoms with Crippen LogP contribution in [0.1, 0.15) is 30.1 Å². The molecule has 2 aliphatic rings. The zero-order valence-corrected chi connectivity index (χ0v) is 13.2. The molecular formula is C16H20N4O3. The molecule has 4 rings (SSSR count). The Morgan fingerprint density at radius 3 is 3.17 bits per heavy atom. The summed E-state index contributed by atoms with van der Waals surface area (Å²) in [6, 6.07) is 1.95. The SMILES string of the molecule is CCOC(=O)c1cnn2ccc(N3CC[C@]4(CCOC4)C3)nc12. The molecule has 7 heteroatoms. The summed E-state index contributed by atoms with van der Waals surface area (Å²) in [6.07, 6.45) is 5.60. The molecule has 0 radical (unpaired) electrons. The molecule has 7 nitrogen and oxygen atoms in total. The van der Waals surface area contributed by atoms with Crippen molar-refractivity contribution in [3.63, 3.8) is 0 Å².